The molecule has 0 fully saturated rings. The van der Waals surface area contributed by atoms with Gasteiger partial charge in [-0.15, -0.1) is 6.58 Å². The van der Waals surface area contributed by atoms with Crippen molar-refractivity contribution in [3.05, 3.63) is 48.0 Å². The monoisotopic (exact) mass is 161 g/mol. The predicted molar refractivity (Wildman–Crippen MR) is 49.6 cm³/mol. The second-order valence-electron chi connectivity index (χ2n) is 2.72. The molecule has 0 aliphatic carbocycles. The van der Waals surface area contributed by atoms with Crippen molar-refractivity contribution in [3.63, 3.8) is 0 Å². The van der Waals surface area contributed by atoms with Crippen molar-refractivity contribution in [2.24, 2.45) is 0 Å². The van der Waals surface area contributed by atoms with Crippen molar-refractivity contribution in [3.8, 4) is 0 Å². The van der Waals surface area contributed by atoms with E-state index in [0.29, 0.717) is 6.42 Å². The normalized spacial score (nSPS) is 9.75. The molecular weight excluding hydrogens is 148 g/mol. The molecule has 12 heavy (non-hydrogen) atoms. The zero-order chi connectivity index (χ0) is 8.81. The second-order valence-corrected chi connectivity index (χ2v) is 2.72. The molecule has 0 aliphatic rings. The summed E-state index contributed by atoms with van der Waals surface area (Å²) in [6.07, 6.45) is 3.35. The van der Waals surface area contributed by atoms with E-state index in [1.54, 1.807) is 0 Å². The Hall–Kier alpha value is -1.08. The Morgan fingerprint density at radius 2 is 1.92 bits per heavy atom. The fourth-order valence-electron chi connectivity index (χ4n) is 1.27. The van der Waals surface area contributed by atoms with Gasteiger partial charge in [0.1, 0.15) is 0 Å². The van der Waals surface area contributed by atoms with Crippen LogP contribution < -0.4 is 0 Å². The molecule has 0 amide bonds. The minimum Gasteiger partial charge on any atom is -0.236 e. The van der Waals surface area contributed by atoms with Crippen molar-refractivity contribution in [1.29, 1.82) is 0 Å². The maximum atomic E-state index is 10.4. The van der Waals surface area contributed by atoms with Crippen LogP contribution in [0.2, 0.25) is 0 Å². The van der Waals surface area contributed by atoms with Crippen LogP contribution in [0.1, 0.15) is 11.1 Å². The lowest BCUT2D eigenvalue weighted by Gasteiger charge is -2.04. The average Bonchev–Trinajstić information content (AvgIpc) is 2.09. The van der Waals surface area contributed by atoms with E-state index in [1.165, 1.54) is 5.56 Å². The molecule has 0 N–H and O–H groups in total. The molecule has 0 bridgehead atoms. The number of hydrogen-bond acceptors (Lipinski definition) is 0. The van der Waals surface area contributed by atoms with Crippen LogP contribution in [0.3, 0.4) is 0 Å². The van der Waals surface area contributed by atoms with Crippen LogP contribution in [0.25, 0.3) is 0 Å². The molecule has 1 aromatic rings. The second kappa shape index (κ2) is 4.73. The first-order chi connectivity index (χ1) is 5.88. The highest BCUT2D eigenvalue weighted by Gasteiger charge is 1.98. The highest BCUT2D eigenvalue weighted by molar-refractivity contribution is 5.28. The lowest BCUT2D eigenvalue weighted by Crippen LogP contribution is -1.95. The predicted octanol–water partition coefficient (Wildman–Crippen LogP) is 2.39. The molecular formula is C11H13O. The van der Waals surface area contributed by atoms with Crippen molar-refractivity contribution in [1.82, 2.24) is 0 Å². The molecule has 0 aromatic heterocycles. The summed E-state index contributed by atoms with van der Waals surface area (Å²) in [7, 11) is 0. The van der Waals surface area contributed by atoms with E-state index >= 15 is 0 Å². The summed E-state index contributed by atoms with van der Waals surface area (Å²) in [5, 5.41) is 10.4. The van der Waals surface area contributed by atoms with Gasteiger partial charge in [0.25, 0.3) is 0 Å². The molecule has 1 heteroatoms. The van der Waals surface area contributed by atoms with Crippen LogP contribution in [-0.2, 0) is 17.9 Å². The molecule has 63 valence electrons. The molecule has 1 aromatic carbocycles. The average molecular weight is 161 g/mol. The molecule has 0 spiro atoms. The van der Waals surface area contributed by atoms with Gasteiger partial charge in [0.2, 0.25) is 0 Å². The first kappa shape index (κ1) is 9.01. The number of hydrogen-bond donors (Lipinski definition) is 0. The molecule has 0 heterocycles. The topological polar surface area (TPSA) is 19.9 Å². The maximum Gasteiger partial charge on any atom is 0.0862 e. The summed E-state index contributed by atoms with van der Waals surface area (Å²) in [5.74, 6) is 0. The van der Waals surface area contributed by atoms with Gasteiger partial charge in [-0.2, -0.15) is 0 Å². The van der Waals surface area contributed by atoms with Gasteiger partial charge < -0.3 is 0 Å². The number of allylic oxidation sites excluding steroid dienone is 1. The fourth-order valence-corrected chi connectivity index (χ4v) is 1.27. The number of benzene rings is 1. The van der Waals surface area contributed by atoms with E-state index in [-0.39, 0.29) is 6.61 Å². The van der Waals surface area contributed by atoms with Gasteiger partial charge in [0.05, 0.1) is 6.61 Å². The minimum atomic E-state index is -0.0336. The quantitative estimate of drug-likeness (QED) is 0.604. The van der Waals surface area contributed by atoms with Gasteiger partial charge in [-0.25, -0.2) is 5.11 Å². The SMILES string of the molecule is C=CCc1ccccc1CC[O]. The smallest absolute Gasteiger partial charge is 0.0862 e. The minimum absolute atomic E-state index is 0.0336. The summed E-state index contributed by atoms with van der Waals surface area (Å²) in [5.41, 5.74) is 2.38. The maximum absolute atomic E-state index is 10.4. The third-order valence-electron chi connectivity index (χ3n) is 1.85. The van der Waals surface area contributed by atoms with E-state index in [4.69, 9.17) is 0 Å². The standard InChI is InChI=1S/C11H13O/c1-2-5-10-6-3-4-7-11(10)8-9-12/h2-4,6-7H,1,5,8-9H2. The Balaban J connectivity index is 2.83. The van der Waals surface area contributed by atoms with Gasteiger partial charge in [-0.3, -0.25) is 0 Å². The molecule has 0 unspecified atom stereocenters. The Kier molecular flexibility index (Phi) is 3.55. The Labute approximate surface area is 73.4 Å². The first-order valence-electron chi connectivity index (χ1n) is 4.14. The highest BCUT2D eigenvalue weighted by Crippen LogP contribution is 2.10. The van der Waals surface area contributed by atoms with Crippen LogP contribution in [-0.4, -0.2) is 6.61 Å². The number of rotatable bonds is 4. The van der Waals surface area contributed by atoms with Crippen LogP contribution in [0.5, 0.6) is 0 Å². The summed E-state index contributed by atoms with van der Waals surface area (Å²) in [6, 6.07) is 8.02. The zero-order valence-electron chi connectivity index (χ0n) is 7.12. The Morgan fingerprint density at radius 1 is 1.25 bits per heavy atom. The van der Waals surface area contributed by atoms with E-state index in [9.17, 15) is 5.11 Å². The van der Waals surface area contributed by atoms with E-state index < -0.39 is 0 Å². The third-order valence-corrected chi connectivity index (χ3v) is 1.85. The van der Waals surface area contributed by atoms with Crippen LogP contribution in [0.15, 0.2) is 36.9 Å². The van der Waals surface area contributed by atoms with E-state index in [2.05, 4.69) is 6.58 Å². The molecule has 0 saturated heterocycles. The van der Waals surface area contributed by atoms with Crippen molar-refractivity contribution >= 4 is 0 Å². The lowest BCUT2D eigenvalue weighted by molar-refractivity contribution is 0.197. The van der Waals surface area contributed by atoms with E-state index in [1.807, 2.05) is 30.3 Å². The van der Waals surface area contributed by atoms with Crippen molar-refractivity contribution < 1.29 is 5.11 Å². The highest BCUT2D eigenvalue weighted by atomic mass is 16.2. The molecule has 0 atom stereocenters. The van der Waals surface area contributed by atoms with Gasteiger partial charge >= 0.3 is 0 Å². The van der Waals surface area contributed by atoms with Crippen LogP contribution >= 0.6 is 0 Å². The molecule has 1 rings (SSSR count). The lowest BCUT2D eigenvalue weighted by atomic mass is 10.0. The summed E-state index contributed by atoms with van der Waals surface area (Å²) >= 11 is 0. The van der Waals surface area contributed by atoms with E-state index in [0.717, 1.165) is 12.0 Å². The third kappa shape index (κ3) is 2.21. The van der Waals surface area contributed by atoms with Gasteiger partial charge in [0, 0.05) is 0 Å². The van der Waals surface area contributed by atoms with Crippen molar-refractivity contribution in [2.45, 2.75) is 12.8 Å². The molecule has 1 nitrogen and oxygen atoms in total. The molecule has 1 radical (unpaired) electrons. The molecule has 0 aliphatic heterocycles. The van der Waals surface area contributed by atoms with Crippen molar-refractivity contribution in [2.75, 3.05) is 6.61 Å². The van der Waals surface area contributed by atoms with Gasteiger partial charge in [-0.1, -0.05) is 30.3 Å². The Bertz CT molecular complexity index is 253. The van der Waals surface area contributed by atoms with Gasteiger partial charge in [-0.05, 0) is 24.0 Å². The molecule has 0 saturated carbocycles. The Morgan fingerprint density at radius 3 is 2.50 bits per heavy atom. The summed E-state index contributed by atoms with van der Waals surface area (Å²) in [6.45, 7) is 3.65. The zero-order valence-corrected chi connectivity index (χ0v) is 7.12. The first-order valence-corrected chi connectivity index (χ1v) is 4.14. The van der Waals surface area contributed by atoms with Crippen LogP contribution in [0, 0.1) is 0 Å². The largest absolute Gasteiger partial charge is 0.236 e. The van der Waals surface area contributed by atoms with Gasteiger partial charge in [0.15, 0.2) is 0 Å². The summed E-state index contributed by atoms with van der Waals surface area (Å²) < 4.78 is 0. The van der Waals surface area contributed by atoms with Crippen LogP contribution in [0.4, 0.5) is 0 Å². The fraction of sp³-hybridized carbons (Fsp3) is 0.273. The summed E-state index contributed by atoms with van der Waals surface area (Å²) in [4.78, 5) is 0.